The van der Waals surface area contributed by atoms with E-state index < -0.39 is 0 Å². The van der Waals surface area contributed by atoms with Gasteiger partial charge in [0.2, 0.25) is 5.91 Å². The molecule has 3 rings (SSSR count). The Labute approximate surface area is 143 Å². The van der Waals surface area contributed by atoms with E-state index in [0.717, 1.165) is 48.7 Å². The highest BCUT2D eigenvalue weighted by molar-refractivity contribution is 5.98. The lowest BCUT2D eigenvalue weighted by Crippen LogP contribution is -2.38. The van der Waals surface area contributed by atoms with Gasteiger partial charge in [-0.25, -0.2) is 4.98 Å². The molecule has 3 heterocycles. The molecule has 0 aliphatic carbocycles. The maximum atomic E-state index is 13.0. The van der Waals surface area contributed by atoms with E-state index in [0.29, 0.717) is 6.42 Å². The standard InChI is InChI=1S/C18H25N5O/c1-5-14-11-15(22(4)20-14)12-16(24)23-10-6-7-13-8-9-19-18(17(13)23)21(2)3/h8-9,11H,5-7,10,12H2,1-4H3. The minimum absolute atomic E-state index is 0.109. The largest absolute Gasteiger partial charge is 0.361 e. The van der Waals surface area contributed by atoms with E-state index in [4.69, 9.17) is 0 Å². The highest BCUT2D eigenvalue weighted by Gasteiger charge is 2.27. The fraction of sp³-hybridized carbons (Fsp3) is 0.500. The third kappa shape index (κ3) is 3.00. The lowest BCUT2D eigenvalue weighted by atomic mass is 10.0. The molecule has 1 amide bonds. The van der Waals surface area contributed by atoms with Crippen molar-refractivity contribution < 1.29 is 4.79 Å². The summed E-state index contributed by atoms with van der Waals surface area (Å²) < 4.78 is 1.82. The van der Waals surface area contributed by atoms with Crippen molar-refractivity contribution in [1.29, 1.82) is 0 Å². The Balaban J connectivity index is 1.91. The number of anilines is 2. The molecule has 1 aliphatic rings. The number of pyridine rings is 1. The summed E-state index contributed by atoms with van der Waals surface area (Å²) in [5, 5.41) is 4.44. The van der Waals surface area contributed by atoms with E-state index in [-0.39, 0.29) is 5.91 Å². The van der Waals surface area contributed by atoms with Gasteiger partial charge >= 0.3 is 0 Å². The van der Waals surface area contributed by atoms with Crippen molar-refractivity contribution in [3.63, 3.8) is 0 Å². The van der Waals surface area contributed by atoms with Gasteiger partial charge in [0.15, 0.2) is 5.82 Å². The number of amides is 1. The summed E-state index contributed by atoms with van der Waals surface area (Å²) in [4.78, 5) is 21.4. The van der Waals surface area contributed by atoms with Crippen molar-refractivity contribution in [1.82, 2.24) is 14.8 Å². The molecule has 128 valence electrons. The zero-order valence-corrected chi connectivity index (χ0v) is 14.9. The second-order valence-corrected chi connectivity index (χ2v) is 6.47. The van der Waals surface area contributed by atoms with Crippen LogP contribution in [0.15, 0.2) is 18.3 Å². The predicted molar refractivity (Wildman–Crippen MR) is 95.5 cm³/mol. The van der Waals surface area contributed by atoms with Crippen molar-refractivity contribution in [2.24, 2.45) is 7.05 Å². The average Bonchev–Trinajstić information content (AvgIpc) is 2.93. The number of nitrogens with zero attached hydrogens (tertiary/aromatic N) is 5. The fourth-order valence-electron chi connectivity index (χ4n) is 3.25. The van der Waals surface area contributed by atoms with Gasteiger partial charge in [0, 0.05) is 39.6 Å². The molecule has 0 aromatic carbocycles. The van der Waals surface area contributed by atoms with Crippen molar-refractivity contribution in [2.75, 3.05) is 30.4 Å². The second kappa shape index (κ2) is 6.63. The van der Waals surface area contributed by atoms with Gasteiger partial charge in [0.25, 0.3) is 0 Å². The molecule has 0 spiro atoms. The minimum atomic E-state index is 0.109. The van der Waals surface area contributed by atoms with Crippen LogP contribution in [0.4, 0.5) is 11.5 Å². The molecule has 2 aromatic heterocycles. The molecule has 6 heteroatoms. The van der Waals surface area contributed by atoms with Gasteiger partial charge in [0.1, 0.15) is 0 Å². The van der Waals surface area contributed by atoms with E-state index in [1.54, 1.807) is 0 Å². The molecule has 0 unspecified atom stereocenters. The van der Waals surface area contributed by atoms with E-state index in [1.165, 1.54) is 5.56 Å². The third-order valence-electron chi connectivity index (χ3n) is 4.53. The molecule has 6 nitrogen and oxygen atoms in total. The number of carbonyl (C=O) groups excluding carboxylic acids is 1. The van der Waals surface area contributed by atoms with Crippen molar-refractivity contribution in [3.8, 4) is 0 Å². The van der Waals surface area contributed by atoms with E-state index >= 15 is 0 Å². The molecule has 0 saturated heterocycles. The molecule has 0 radical (unpaired) electrons. The first kappa shape index (κ1) is 16.5. The number of rotatable bonds is 4. The zero-order chi connectivity index (χ0) is 17.3. The quantitative estimate of drug-likeness (QED) is 0.861. The molecular formula is C18H25N5O. The predicted octanol–water partition coefficient (Wildman–Crippen LogP) is 1.97. The molecule has 0 saturated carbocycles. The molecule has 2 aromatic rings. The normalized spacial score (nSPS) is 13.8. The van der Waals surface area contributed by atoms with Crippen LogP contribution in [0.1, 0.15) is 30.3 Å². The van der Waals surface area contributed by atoms with Crippen LogP contribution >= 0.6 is 0 Å². The number of hydrogen-bond donors (Lipinski definition) is 0. The highest BCUT2D eigenvalue weighted by atomic mass is 16.2. The fourth-order valence-corrected chi connectivity index (χ4v) is 3.25. The van der Waals surface area contributed by atoms with Crippen LogP contribution in [0.2, 0.25) is 0 Å². The summed E-state index contributed by atoms with van der Waals surface area (Å²) in [6.07, 6.45) is 5.06. The van der Waals surface area contributed by atoms with Crippen molar-refractivity contribution in [3.05, 3.63) is 35.3 Å². The molecule has 24 heavy (non-hydrogen) atoms. The van der Waals surface area contributed by atoms with Crippen LogP contribution in [0, 0.1) is 0 Å². The third-order valence-corrected chi connectivity index (χ3v) is 4.53. The first-order chi connectivity index (χ1) is 11.5. The van der Waals surface area contributed by atoms with Crippen molar-refractivity contribution >= 4 is 17.4 Å². The summed E-state index contributed by atoms with van der Waals surface area (Å²) >= 11 is 0. The summed E-state index contributed by atoms with van der Waals surface area (Å²) in [7, 11) is 5.84. The van der Waals surface area contributed by atoms with Crippen molar-refractivity contribution in [2.45, 2.75) is 32.6 Å². The zero-order valence-electron chi connectivity index (χ0n) is 14.9. The van der Waals surface area contributed by atoms with Gasteiger partial charge in [-0.1, -0.05) is 6.92 Å². The molecule has 1 aliphatic heterocycles. The number of hydrogen-bond acceptors (Lipinski definition) is 4. The summed E-state index contributed by atoms with van der Waals surface area (Å²) in [6, 6.07) is 4.06. The van der Waals surface area contributed by atoms with Crippen LogP contribution in [-0.4, -0.2) is 41.3 Å². The van der Waals surface area contributed by atoms with Crippen LogP contribution in [0.3, 0.4) is 0 Å². The lowest BCUT2D eigenvalue weighted by Gasteiger charge is -2.32. The monoisotopic (exact) mass is 327 g/mol. The Morgan fingerprint density at radius 1 is 1.38 bits per heavy atom. The summed E-state index contributed by atoms with van der Waals surface area (Å²) in [6.45, 7) is 2.82. The van der Waals surface area contributed by atoms with Crippen LogP contribution in [0.25, 0.3) is 0 Å². The van der Waals surface area contributed by atoms with Crippen LogP contribution in [0.5, 0.6) is 0 Å². The average molecular weight is 327 g/mol. The maximum absolute atomic E-state index is 13.0. The lowest BCUT2D eigenvalue weighted by molar-refractivity contribution is -0.118. The number of fused-ring (bicyclic) bond motifs is 1. The minimum Gasteiger partial charge on any atom is -0.361 e. The van der Waals surface area contributed by atoms with E-state index in [1.807, 2.05) is 54.0 Å². The van der Waals surface area contributed by atoms with Gasteiger partial charge in [-0.3, -0.25) is 9.48 Å². The SMILES string of the molecule is CCc1cc(CC(=O)N2CCCc3ccnc(N(C)C)c32)n(C)n1. The Morgan fingerprint density at radius 3 is 2.83 bits per heavy atom. The summed E-state index contributed by atoms with van der Waals surface area (Å²) in [5.74, 6) is 0.970. The van der Waals surface area contributed by atoms with Crippen LogP contribution < -0.4 is 9.80 Å². The first-order valence-corrected chi connectivity index (χ1v) is 8.48. The van der Waals surface area contributed by atoms with Gasteiger partial charge < -0.3 is 9.80 Å². The topological polar surface area (TPSA) is 54.3 Å². The van der Waals surface area contributed by atoms with Gasteiger partial charge in [-0.05, 0) is 37.0 Å². The van der Waals surface area contributed by atoms with Gasteiger partial charge in [-0.2, -0.15) is 5.10 Å². The van der Waals surface area contributed by atoms with Gasteiger partial charge in [-0.15, -0.1) is 0 Å². The molecule has 0 N–H and O–H groups in total. The molecule has 0 atom stereocenters. The Morgan fingerprint density at radius 2 is 2.17 bits per heavy atom. The Hall–Kier alpha value is -2.37. The Kier molecular flexibility index (Phi) is 4.55. The van der Waals surface area contributed by atoms with E-state index in [9.17, 15) is 4.79 Å². The summed E-state index contributed by atoms with van der Waals surface area (Å²) in [5.41, 5.74) is 4.15. The number of aryl methyl sites for hydroxylation is 3. The smallest absolute Gasteiger partial charge is 0.233 e. The first-order valence-electron chi connectivity index (χ1n) is 8.48. The van der Waals surface area contributed by atoms with Gasteiger partial charge in [0.05, 0.1) is 17.8 Å². The molecular weight excluding hydrogens is 302 g/mol. The molecule has 0 bridgehead atoms. The maximum Gasteiger partial charge on any atom is 0.233 e. The number of aromatic nitrogens is 3. The van der Waals surface area contributed by atoms with Crippen LogP contribution in [-0.2, 0) is 31.1 Å². The number of carbonyl (C=O) groups is 1. The Bertz CT molecular complexity index is 750. The highest BCUT2D eigenvalue weighted by Crippen LogP contribution is 2.34. The second-order valence-electron chi connectivity index (χ2n) is 6.47. The molecule has 0 fully saturated rings. The van der Waals surface area contributed by atoms with E-state index in [2.05, 4.69) is 17.0 Å².